The SMILES string of the molecule is CC(C)CNC(=O)CN(CCC(=O)O)CC(C)O. The maximum absolute atomic E-state index is 11.6. The minimum absolute atomic E-state index is 0.0375. The van der Waals surface area contributed by atoms with Gasteiger partial charge in [-0.1, -0.05) is 13.8 Å². The van der Waals surface area contributed by atoms with Crippen molar-refractivity contribution in [2.45, 2.75) is 33.3 Å². The molecule has 0 spiro atoms. The van der Waals surface area contributed by atoms with Crippen LogP contribution in [0.25, 0.3) is 0 Å². The number of carboxylic acids is 1. The van der Waals surface area contributed by atoms with E-state index in [0.717, 1.165) is 0 Å². The van der Waals surface area contributed by atoms with Crippen molar-refractivity contribution in [2.24, 2.45) is 5.92 Å². The normalized spacial score (nSPS) is 12.8. The molecule has 1 atom stereocenters. The molecule has 1 unspecified atom stereocenters. The van der Waals surface area contributed by atoms with Gasteiger partial charge in [0.25, 0.3) is 0 Å². The highest BCUT2D eigenvalue weighted by Crippen LogP contribution is 1.96. The fraction of sp³-hybridized carbons (Fsp3) is 0.833. The second-order valence-electron chi connectivity index (χ2n) is 4.93. The van der Waals surface area contributed by atoms with Crippen LogP contribution in [0.4, 0.5) is 0 Å². The highest BCUT2D eigenvalue weighted by atomic mass is 16.4. The molecule has 0 aliphatic rings. The number of carboxylic acid groups (broad SMARTS) is 1. The maximum Gasteiger partial charge on any atom is 0.304 e. The predicted molar refractivity (Wildman–Crippen MR) is 68.2 cm³/mol. The first-order chi connectivity index (χ1) is 8.31. The van der Waals surface area contributed by atoms with Crippen molar-refractivity contribution in [2.75, 3.05) is 26.2 Å². The summed E-state index contributed by atoms with van der Waals surface area (Å²) < 4.78 is 0. The molecule has 1 amide bonds. The number of hydrogen-bond acceptors (Lipinski definition) is 4. The first kappa shape index (κ1) is 16.9. The van der Waals surface area contributed by atoms with Crippen molar-refractivity contribution in [1.82, 2.24) is 10.2 Å². The lowest BCUT2D eigenvalue weighted by Crippen LogP contribution is -2.42. The molecule has 0 aliphatic heterocycles. The molecule has 18 heavy (non-hydrogen) atoms. The summed E-state index contributed by atoms with van der Waals surface area (Å²) in [6.45, 7) is 6.87. The molecule has 0 aromatic heterocycles. The van der Waals surface area contributed by atoms with Crippen molar-refractivity contribution in [3.8, 4) is 0 Å². The van der Waals surface area contributed by atoms with E-state index in [1.165, 1.54) is 0 Å². The zero-order valence-electron chi connectivity index (χ0n) is 11.3. The molecule has 6 heteroatoms. The maximum atomic E-state index is 11.6. The second-order valence-corrected chi connectivity index (χ2v) is 4.93. The number of nitrogens with one attached hydrogen (secondary N) is 1. The van der Waals surface area contributed by atoms with E-state index in [2.05, 4.69) is 5.32 Å². The first-order valence-corrected chi connectivity index (χ1v) is 6.20. The van der Waals surface area contributed by atoms with Crippen molar-refractivity contribution in [3.63, 3.8) is 0 Å². The number of carbonyl (C=O) groups excluding carboxylic acids is 1. The summed E-state index contributed by atoms with van der Waals surface area (Å²) in [6.07, 6.45) is -0.624. The zero-order chi connectivity index (χ0) is 14.1. The average Bonchev–Trinajstić information content (AvgIpc) is 2.22. The Morgan fingerprint density at radius 3 is 2.33 bits per heavy atom. The topological polar surface area (TPSA) is 89.9 Å². The van der Waals surface area contributed by atoms with E-state index >= 15 is 0 Å². The van der Waals surface area contributed by atoms with Crippen LogP contribution in [0.15, 0.2) is 0 Å². The van der Waals surface area contributed by atoms with Gasteiger partial charge >= 0.3 is 5.97 Å². The average molecular weight is 260 g/mol. The Morgan fingerprint density at radius 1 is 1.28 bits per heavy atom. The molecular weight excluding hydrogens is 236 g/mol. The predicted octanol–water partition coefficient (Wildman–Crippen LogP) is -0.0839. The zero-order valence-corrected chi connectivity index (χ0v) is 11.3. The Labute approximate surface area is 108 Å². The summed E-state index contributed by atoms with van der Waals surface area (Å²) in [5.74, 6) is -0.680. The summed E-state index contributed by atoms with van der Waals surface area (Å²) >= 11 is 0. The highest BCUT2D eigenvalue weighted by molar-refractivity contribution is 5.78. The molecule has 0 aromatic rings. The number of aliphatic carboxylic acids is 1. The third-order valence-electron chi connectivity index (χ3n) is 2.24. The van der Waals surface area contributed by atoms with E-state index in [1.54, 1.807) is 11.8 Å². The van der Waals surface area contributed by atoms with E-state index in [1.807, 2.05) is 13.8 Å². The van der Waals surface area contributed by atoms with Gasteiger partial charge < -0.3 is 15.5 Å². The lowest BCUT2D eigenvalue weighted by Gasteiger charge is -2.22. The van der Waals surface area contributed by atoms with E-state index in [-0.39, 0.29) is 25.4 Å². The van der Waals surface area contributed by atoms with Gasteiger partial charge in [0.2, 0.25) is 5.91 Å². The smallest absolute Gasteiger partial charge is 0.304 e. The van der Waals surface area contributed by atoms with Crippen molar-refractivity contribution >= 4 is 11.9 Å². The summed E-state index contributed by atoms with van der Waals surface area (Å²) in [5, 5.41) is 20.7. The number of aliphatic hydroxyl groups excluding tert-OH is 1. The van der Waals surface area contributed by atoms with Crippen LogP contribution in [0.2, 0.25) is 0 Å². The van der Waals surface area contributed by atoms with Crippen LogP contribution in [-0.4, -0.2) is 59.3 Å². The van der Waals surface area contributed by atoms with Crippen LogP contribution >= 0.6 is 0 Å². The highest BCUT2D eigenvalue weighted by Gasteiger charge is 2.14. The van der Waals surface area contributed by atoms with E-state index in [0.29, 0.717) is 19.0 Å². The van der Waals surface area contributed by atoms with Crippen LogP contribution in [0.3, 0.4) is 0 Å². The lowest BCUT2D eigenvalue weighted by atomic mass is 10.2. The minimum Gasteiger partial charge on any atom is -0.481 e. The van der Waals surface area contributed by atoms with Crippen molar-refractivity contribution in [1.29, 1.82) is 0 Å². The molecule has 0 fully saturated rings. The van der Waals surface area contributed by atoms with Gasteiger partial charge in [-0.05, 0) is 12.8 Å². The number of carbonyl (C=O) groups is 2. The molecule has 6 nitrogen and oxygen atoms in total. The third-order valence-corrected chi connectivity index (χ3v) is 2.24. The number of nitrogens with zero attached hydrogens (tertiary/aromatic N) is 1. The molecule has 3 N–H and O–H groups in total. The molecule has 0 saturated heterocycles. The number of hydrogen-bond donors (Lipinski definition) is 3. The summed E-state index contributed by atoms with van der Waals surface area (Å²) in [4.78, 5) is 23.8. The largest absolute Gasteiger partial charge is 0.481 e. The Morgan fingerprint density at radius 2 is 1.89 bits per heavy atom. The Bertz CT molecular complexity index is 267. The molecule has 0 heterocycles. The Hall–Kier alpha value is -1.14. The van der Waals surface area contributed by atoms with E-state index in [9.17, 15) is 14.7 Å². The molecule has 0 saturated carbocycles. The molecule has 0 bridgehead atoms. The monoisotopic (exact) mass is 260 g/mol. The van der Waals surface area contributed by atoms with Gasteiger partial charge in [-0.3, -0.25) is 14.5 Å². The standard InChI is InChI=1S/C12H24N2O4/c1-9(2)6-13-11(16)8-14(7-10(3)15)5-4-12(17)18/h9-10,15H,4-8H2,1-3H3,(H,13,16)(H,17,18). The lowest BCUT2D eigenvalue weighted by molar-refractivity contribution is -0.138. The fourth-order valence-corrected chi connectivity index (χ4v) is 1.44. The summed E-state index contributed by atoms with van der Waals surface area (Å²) in [6, 6.07) is 0. The van der Waals surface area contributed by atoms with Gasteiger partial charge in [-0.15, -0.1) is 0 Å². The van der Waals surface area contributed by atoms with Crippen LogP contribution < -0.4 is 5.32 Å². The Kier molecular flexibility index (Phi) is 8.32. The van der Waals surface area contributed by atoms with Gasteiger partial charge in [0.15, 0.2) is 0 Å². The molecular formula is C12H24N2O4. The molecule has 0 aromatic carbocycles. The van der Waals surface area contributed by atoms with Gasteiger partial charge in [0, 0.05) is 19.6 Å². The van der Waals surface area contributed by atoms with Crippen molar-refractivity contribution in [3.05, 3.63) is 0 Å². The van der Waals surface area contributed by atoms with Gasteiger partial charge in [-0.2, -0.15) is 0 Å². The number of aliphatic hydroxyl groups is 1. The van der Waals surface area contributed by atoms with Crippen LogP contribution in [0, 0.1) is 5.92 Å². The molecule has 0 rings (SSSR count). The third kappa shape index (κ3) is 10.0. The van der Waals surface area contributed by atoms with Gasteiger partial charge in [0.05, 0.1) is 19.1 Å². The summed E-state index contributed by atoms with van der Waals surface area (Å²) in [7, 11) is 0. The Balaban J connectivity index is 4.12. The minimum atomic E-state index is -0.909. The number of amides is 1. The van der Waals surface area contributed by atoms with Crippen LogP contribution in [-0.2, 0) is 9.59 Å². The van der Waals surface area contributed by atoms with Crippen LogP contribution in [0.1, 0.15) is 27.2 Å². The molecule has 106 valence electrons. The molecule has 0 aliphatic carbocycles. The van der Waals surface area contributed by atoms with Gasteiger partial charge in [0.1, 0.15) is 0 Å². The van der Waals surface area contributed by atoms with E-state index < -0.39 is 12.1 Å². The van der Waals surface area contributed by atoms with Gasteiger partial charge in [-0.25, -0.2) is 0 Å². The first-order valence-electron chi connectivity index (χ1n) is 6.20. The second kappa shape index (κ2) is 8.88. The van der Waals surface area contributed by atoms with Crippen molar-refractivity contribution < 1.29 is 19.8 Å². The molecule has 0 radical (unpaired) electrons. The quantitative estimate of drug-likeness (QED) is 0.539. The fourth-order valence-electron chi connectivity index (χ4n) is 1.44. The summed E-state index contributed by atoms with van der Waals surface area (Å²) in [5.41, 5.74) is 0. The van der Waals surface area contributed by atoms with Crippen LogP contribution in [0.5, 0.6) is 0 Å². The van der Waals surface area contributed by atoms with E-state index in [4.69, 9.17) is 5.11 Å². The number of rotatable bonds is 9.